The third-order valence-corrected chi connectivity index (χ3v) is 6.94. The molecule has 2 heterocycles. The van der Waals surface area contributed by atoms with Gasteiger partial charge in [0.05, 0.1) is 11.3 Å². The molecule has 0 spiro atoms. The molecule has 2 amide bonds. The molecule has 0 atom stereocenters. The summed E-state index contributed by atoms with van der Waals surface area (Å²) < 4.78 is 0. The van der Waals surface area contributed by atoms with E-state index in [4.69, 9.17) is 0 Å². The van der Waals surface area contributed by atoms with E-state index in [0.717, 1.165) is 41.4 Å². The van der Waals surface area contributed by atoms with Crippen LogP contribution in [0.2, 0.25) is 0 Å². The van der Waals surface area contributed by atoms with Gasteiger partial charge in [-0.3, -0.25) is 9.59 Å². The smallest absolute Gasteiger partial charge is 0.259 e. The fourth-order valence-corrected chi connectivity index (χ4v) is 5.04. The number of rotatable bonds is 4. The van der Waals surface area contributed by atoms with Crippen LogP contribution in [0.3, 0.4) is 0 Å². The van der Waals surface area contributed by atoms with E-state index in [1.165, 1.54) is 0 Å². The minimum absolute atomic E-state index is 0.0155. The highest BCUT2D eigenvalue weighted by Gasteiger charge is 2.27. The Balaban J connectivity index is 1.54. The Morgan fingerprint density at radius 3 is 2.66 bits per heavy atom. The summed E-state index contributed by atoms with van der Waals surface area (Å²) in [4.78, 5) is 31.9. The van der Waals surface area contributed by atoms with Gasteiger partial charge in [-0.2, -0.15) is 0 Å². The Hall–Kier alpha value is -2.31. The lowest BCUT2D eigenvalue weighted by atomic mass is 9.97. The predicted molar refractivity (Wildman–Crippen MR) is 117 cm³/mol. The van der Waals surface area contributed by atoms with E-state index in [1.807, 2.05) is 49.4 Å². The summed E-state index contributed by atoms with van der Waals surface area (Å²) in [7, 11) is 2.14. The summed E-state index contributed by atoms with van der Waals surface area (Å²) in [6.07, 6.45) is 2.24. The van der Waals surface area contributed by atoms with E-state index < -0.39 is 0 Å². The number of carbonyl (C=O) groups excluding carboxylic acids is 2. The largest absolute Gasteiger partial charge is 0.352 e. The molecule has 1 N–H and O–H groups in total. The van der Waals surface area contributed by atoms with Crippen LogP contribution >= 0.6 is 11.8 Å². The predicted octanol–water partition coefficient (Wildman–Crippen LogP) is 3.89. The van der Waals surface area contributed by atoms with Gasteiger partial charge in [0, 0.05) is 28.4 Å². The van der Waals surface area contributed by atoms with Crippen molar-refractivity contribution in [2.24, 2.45) is 5.92 Å². The molecule has 6 heteroatoms. The first-order valence-corrected chi connectivity index (χ1v) is 11.1. The normalized spacial score (nSPS) is 17.4. The summed E-state index contributed by atoms with van der Waals surface area (Å²) in [5.41, 5.74) is 2.13. The Kier molecular flexibility index (Phi) is 5.92. The molecule has 0 unspecified atom stereocenters. The van der Waals surface area contributed by atoms with Crippen LogP contribution in [0.5, 0.6) is 0 Å². The van der Waals surface area contributed by atoms with Gasteiger partial charge in [0.2, 0.25) is 0 Å². The van der Waals surface area contributed by atoms with Crippen LogP contribution in [0.25, 0.3) is 0 Å². The number of anilines is 1. The van der Waals surface area contributed by atoms with Gasteiger partial charge in [0.15, 0.2) is 0 Å². The standard InChI is InChI=1S/C23H27N3O2S/c1-3-26-19-14-17(22(27)24-15-16-10-12-25(2)13-11-16)8-9-21(19)29-20-7-5-4-6-18(20)23(26)28/h4-9,14,16H,3,10-13,15H2,1-2H3,(H,24,27). The van der Waals surface area contributed by atoms with Crippen molar-refractivity contribution in [3.63, 3.8) is 0 Å². The summed E-state index contributed by atoms with van der Waals surface area (Å²) in [6, 6.07) is 13.4. The maximum Gasteiger partial charge on any atom is 0.259 e. The van der Waals surface area contributed by atoms with Gasteiger partial charge in [-0.1, -0.05) is 23.9 Å². The second kappa shape index (κ2) is 8.59. The van der Waals surface area contributed by atoms with Crippen molar-refractivity contribution >= 4 is 29.3 Å². The summed E-state index contributed by atoms with van der Waals surface area (Å²) in [5.74, 6) is 0.454. The SMILES string of the molecule is CCN1C(=O)c2ccccc2Sc2ccc(C(=O)NCC3CCN(C)CC3)cc21. The Bertz CT molecular complexity index is 922. The second-order valence-electron chi connectivity index (χ2n) is 7.79. The molecule has 2 aliphatic rings. The summed E-state index contributed by atoms with van der Waals surface area (Å²) in [6.45, 7) is 5.41. The monoisotopic (exact) mass is 409 g/mol. The quantitative estimate of drug-likeness (QED) is 0.832. The zero-order valence-electron chi connectivity index (χ0n) is 17.0. The van der Waals surface area contributed by atoms with Crippen LogP contribution in [-0.2, 0) is 0 Å². The first kappa shape index (κ1) is 20.0. The number of nitrogens with zero attached hydrogens (tertiary/aromatic N) is 2. The number of nitrogens with one attached hydrogen (secondary N) is 1. The van der Waals surface area contributed by atoms with E-state index in [1.54, 1.807) is 16.7 Å². The van der Waals surface area contributed by atoms with Gasteiger partial charge in [0.1, 0.15) is 0 Å². The first-order valence-electron chi connectivity index (χ1n) is 10.3. The Morgan fingerprint density at radius 2 is 1.90 bits per heavy atom. The summed E-state index contributed by atoms with van der Waals surface area (Å²) >= 11 is 1.58. The van der Waals surface area contributed by atoms with Crippen LogP contribution in [0.4, 0.5) is 5.69 Å². The van der Waals surface area contributed by atoms with Crippen LogP contribution in [0, 0.1) is 5.92 Å². The van der Waals surface area contributed by atoms with Crippen molar-refractivity contribution < 1.29 is 9.59 Å². The van der Waals surface area contributed by atoms with Crippen molar-refractivity contribution in [3.8, 4) is 0 Å². The Morgan fingerprint density at radius 1 is 1.14 bits per heavy atom. The maximum atomic E-state index is 13.1. The molecule has 1 fully saturated rings. The molecular weight excluding hydrogens is 382 g/mol. The molecule has 5 nitrogen and oxygen atoms in total. The highest BCUT2D eigenvalue weighted by Crippen LogP contribution is 2.41. The molecule has 4 rings (SSSR count). The molecule has 1 saturated heterocycles. The molecule has 2 aromatic rings. The molecule has 152 valence electrons. The highest BCUT2D eigenvalue weighted by molar-refractivity contribution is 7.99. The van der Waals surface area contributed by atoms with Crippen LogP contribution in [-0.4, -0.2) is 49.9 Å². The number of fused-ring (bicyclic) bond motifs is 2. The minimum atomic E-state index is -0.0676. The number of carbonyl (C=O) groups is 2. The molecular formula is C23H27N3O2S. The van der Waals surface area contributed by atoms with Gasteiger partial charge in [0.25, 0.3) is 11.8 Å². The molecule has 0 aromatic heterocycles. The van der Waals surface area contributed by atoms with Crippen LogP contribution in [0.15, 0.2) is 52.3 Å². The lowest BCUT2D eigenvalue weighted by Gasteiger charge is -2.29. The van der Waals surface area contributed by atoms with Gasteiger partial charge in [-0.25, -0.2) is 0 Å². The van der Waals surface area contributed by atoms with E-state index in [-0.39, 0.29) is 11.8 Å². The number of likely N-dealkylation sites (tertiary alicyclic amines) is 1. The molecule has 2 aromatic carbocycles. The van der Waals surface area contributed by atoms with Crippen molar-refractivity contribution in [1.29, 1.82) is 0 Å². The van der Waals surface area contributed by atoms with E-state index >= 15 is 0 Å². The Labute approximate surface area is 176 Å². The van der Waals surface area contributed by atoms with Gasteiger partial charge >= 0.3 is 0 Å². The lowest BCUT2D eigenvalue weighted by molar-refractivity contribution is 0.0936. The number of benzene rings is 2. The van der Waals surface area contributed by atoms with E-state index in [2.05, 4.69) is 17.3 Å². The third-order valence-electron chi connectivity index (χ3n) is 5.80. The number of amides is 2. The van der Waals surface area contributed by atoms with Crippen molar-refractivity contribution in [2.75, 3.05) is 38.1 Å². The molecule has 29 heavy (non-hydrogen) atoms. The second-order valence-corrected chi connectivity index (χ2v) is 8.87. The van der Waals surface area contributed by atoms with Gasteiger partial charge in [-0.05, 0) is 76.2 Å². The molecule has 0 aliphatic carbocycles. The number of hydrogen-bond donors (Lipinski definition) is 1. The van der Waals surface area contributed by atoms with Crippen molar-refractivity contribution in [1.82, 2.24) is 10.2 Å². The first-order chi connectivity index (χ1) is 14.1. The zero-order valence-corrected chi connectivity index (χ0v) is 17.8. The van der Waals surface area contributed by atoms with Crippen LogP contribution in [0.1, 0.15) is 40.5 Å². The molecule has 0 saturated carbocycles. The number of piperidine rings is 1. The lowest BCUT2D eigenvalue weighted by Crippen LogP contribution is -2.37. The molecule has 0 radical (unpaired) electrons. The highest BCUT2D eigenvalue weighted by atomic mass is 32.2. The minimum Gasteiger partial charge on any atom is -0.352 e. The summed E-state index contributed by atoms with van der Waals surface area (Å²) in [5, 5.41) is 3.10. The fraction of sp³-hybridized carbons (Fsp3) is 0.391. The molecule has 2 aliphatic heterocycles. The van der Waals surface area contributed by atoms with Crippen LogP contribution < -0.4 is 10.2 Å². The van der Waals surface area contributed by atoms with Crippen molar-refractivity contribution in [3.05, 3.63) is 53.6 Å². The van der Waals surface area contributed by atoms with E-state index in [9.17, 15) is 9.59 Å². The fourth-order valence-electron chi connectivity index (χ4n) is 3.98. The third kappa shape index (κ3) is 4.19. The molecule has 0 bridgehead atoms. The number of hydrogen-bond acceptors (Lipinski definition) is 4. The van der Waals surface area contributed by atoms with Gasteiger partial charge < -0.3 is 15.1 Å². The average Bonchev–Trinajstić information content (AvgIpc) is 2.86. The average molecular weight is 410 g/mol. The van der Waals surface area contributed by atoms with Crippen molar-refractivity contribution in [2.45, 2.75) is 29.6 Å². The van der Waals surface area contributed by atoms with Gasteiger partial charge in [-0.15, -0.1) is 0 Å². The van der Waals surface area contributed by atoms with E-state index in [0.29, 0.717) is 30.1 Å². The zero-order chi connectivity index (χ0) is 20.4. The maximum absolute atomic E-state index is 13.1. The topological polar surface area (TPSA) is 52.7 Å².